The van der Waals surface area contributed by atoms with Crippen LogP contribution in [0.3, 0.4) is 0 Å². The van der Waals surface area contributed by atoms with Crippen LogP contribution in [0, 0.1) is 0 Å². The number of hydrogen-bond acceptors (Lipinski definition) is 3. The number of hydrogen-bond donors (Lipinski definition) is 1. The molecule has 1 saturated heterocycles. The molecule has 1 fully saturated rings. The number of carbonyl (C=O) groups is 1. The number of anilines is 1. The molecule has 1 heterocycles. The quantitative estimate of drug-likeness (QED) is 0.921. The molecule has 0 aliphatic carbocycles. The van der Waals surface area contributed by atoms with E-state index < -0.39 is 5.60 Å². The van der Waals surface area contributed by atoms with Crippen LogP contribution in [0.4, 0.5) is 10.5 Å². The van der Waals surface area contributed by atoms with E-state index in [9.17, 15) is 4.79 Å². The fraction of sp³-hybridized carbons (Fsp3) is 0.562. The van der Waals surface area contributed by atoms with Crippen molar-refractivity contribution in [1.29, 1.82) is 0 Å². The van der Waals surface area contributed by atoms with Gasteiger partial charge in [0.1, 0.15) is 5.60 Å². The highest BCUT2D eigenvalue weighted by Crippen LogP contribution is 2.20. The number of nitrogens with one attached hydrogen (secondary N) is 1. The average molecular weight is 276 g/mol. The smallest absolute Gasteiger partial charge is 0.407 e. The minimum Gasteiger partial charge on any atom is -0.444 e. The van der Waals surface area contributed by atoms with Gasteiger partial charge in [-0.15, -0.1) is 0 Å². The number of carbonyl (C=O) groups excluding carboxylic acids is 1. The van der Waals surface area contributed by atoms with E-state index >= 15 is 0 Å². The molecule has 1 aliphatic heterocycles. The maximum Gasteiger partial charge on any atom is 0.407 e. The first-order valence-corrected chi connectivity index (χ1v) is 7.25. The molecule has 0 saturated carbocycles. The summed E-state index contributed by atoms with van der Waals surface area (Å²) < 4.78 is 5.21. The molecule has 0 bridgehead atoms. The van der Waals surface area contributed by atoms with Gasteiger partial charge in [0, 0.05) is 25.3 Å². The zero-order valence-electron chi connectivity index (χ0n) is 12.6. The highest BCUT2D eigenvalue weighted by molar-refractivity contribution is 5.67. The molecular weight excluding hydrogens is 252 g/mol. The Morgan fingerprint density at radius 1 is 1.20 bits per heavy atom. The van der Waals surface area contributed by atoms with Gasteiger partial charge in [-0.25, -0.2) is 4.79 Å². The van der Waals surface area contributed by atoms with Gasteiger partial charge in [-0.3, -0.25) is 0 Å². The normalized spacial score (nSPS) is 15.2. The molecule has 1 aromatic rings. The summed E-state index contributed by atoms with van der Waals surface area (Å²) in [6, 6.07) is 8.37. The van der Waals surface area contributed by atoms with Gasteiger partial charge in [-0.05, 0) is 51.3 Å². The van der Waals surface area contributed by atoms with Gasteiger partial charge in [0.15, 0.2) is 0 Å². The summed E-state index contributed by atoms with van der Waals surface area (Å²) >= 11 is 0. The van der Waals surface area contributed by atoms with E-state index in [0.717, 1.165) is 18.7 Å². The van der Waals surface area contributed by atoms with E-state index in [1.165, 1.54) is 18.5 Å². The lowest BCUT2D eigenvalue weighted by atomic mass is 10.2. The van der Waals surface area contributed by atoms with Crippen LogP contribution < -0.4 is 10.2 Å². The third-order valence-corrected chi connectivity index (χ3v) is 3.24. The van der Waals surface area contributed by atoms with Crippen molar-refractivity contribution >= 4 is 11.8 Å². The van der Waals surface area contributed by atoms with Crippen LogP contribution in [0.2, 0.25) is 0 Å². The lowest BCUT2D eigenvalue weighted by Gasteiger charge is -2.20. The molecule has 1 aliphatic rings. The Bertz CT molecular complexity index is 443. The Kier molecular flexibility index (Phi) is 4.53. The van der Waals surface area contributed by atoms with Crippen molar-refractivity contribution in [3.05, 3.63) is 29.8 Å². The number of nitrogens with zero attached hydrogens (tertiary/aromatic N) is 1. The lowest BCUT2D eigenvalue weighted by Crippen LogP contribution is -2.32. The van der Waals surface area contributed by atoms with E-state index in [1.807, 2.05) is 20.8 Å². The van der Waals surface area contributed by atoms with E-state index in [-0.39, 0.29) is 6.09 Å². The predicted molar refractivity (Wildman–Crippen MR) is 81.0 cm³/mol. The van der Waals surface area contributed by atoms with Crippen LogP contribution in [0.1, 0.15) is 39.2 Å². The topological polar surface area (TPSA) is 41.6 Å². The van der Waals surface area contributed by atoms with Gasteiger partial charge < -0.3 is 15.0 Å². The zero-order valence-corrected chi connectivity index (χ0v) is 12.6. The van der Waals surface area contributed by atoms with Crippen LogP contribution >= 0.6 is 0 Å². The molecule has 1 aromatic carbocycles. The van der Waals surface area contributed by atoms with E-state index in [0.29, 0.717) is 6.54 Å². The Hall–Kier alpha value is -1.71. The summed E-state index contributed by atoms with van der Waals surface area (Å²) in [6.07, 6.45) is 2.19. The fourth-order valence-corrected chi connectivity index (χ4v) is 2.29. The van der Waals surface area contributed by atoms with Gasteiger partial charge in [0.05, 0.1) is 0 Å². The molecule has 0 atom stereocenters. The standard InChI is InChI=1S/C16H24N2O2/c1-16(2,3)20-15(19)17-12-13-6-8-14(9-7-13)18-10-4-5-11-18/h6-9H,4-5,10-12H2,1-3H3,(H,17,19). The average Bonchev–Trinajstić information content (AvgIpc) is 2.89. The number of ether oxygens (including phenoxy) is 1. The zero-order chi connectivity index (χ0) is 14.6. The van der Waals surface area contributed by atoms with Crippen LogP contribution in [-0.4, -0.2) is 24.8 Å². The third kappa shape index (κ3) is 4.44. The van der Waals surface area contributed by atoms with Gasteiger partial charge in [-0.2, -0.15) is 0 Å². The van der Waals surface area contributed by atoms with Gasteiger partial charge in [-0.1, -0.05) is 12.1 Å². The molecule has 2 rings (SSSR count). The van der Waals surface area contributed by atoms with Crippen LogP contribution in [0.5, 0.6) is 0 Å². The second-order valence-electron chi connectivity index (χ2n) is 6.22. The first-order chi connectivity index (χ1) is 9.44. The van der Waals surface area contributed by atoms with Crippen molar-refractivity contribution in [2.24, 2.45) is 0 Å². The van der Waals surface area contributed by atoms with Crippen molar-refractivity contribution in [2.75, 3.05) is 18.0 Å². The SMILES string of the molecule is CC(C)(C)OC(=O)NCc1ccc(N2CCCC2)cc1. The largest absolute Gasteiger partial charge is 0.444 e. The second kappa shape index (κ2) is 6.16. The molecule has 4 heteroatoms. The van der Waals surface area contributed by atoms with Crippen molar-refractivity contribution in [3.63, 3.8) is 0 Å². The Morgan fingerprint density at radius 3 is 2.35 bits per heavy atom. The molecule has 110 valence electrons. The molecule has 0 unspecified atom stereocenters. The number of benzene rings is 1. The van der Waals surface area contributed by atoms with E-state index in [1.54, 1.807) is 0 Å². The number of amides is 1. The maximum atomic E-state index is 11.6. The highest BCUT2D eigenvalue weighted by Gasteiger charge is 2.16. The van der Waals surface area contributed by atoms with Crippen molar-refractivity contribution in [2.45, 2.75) is 45.8 Å². The number of alkyl carbamates (subject to hydrolysis) is 1. The molecule has 4 nitrogen and oxygen atoms in total. The van der Waals surface area contributed by atoms with Crippen molar-refractivity contribution in [3.8, 4) is 0 Å². The lowest BCUT2D eigenvalue weighted by molar-refractivity contribution is 0.0523. The Balaban J connectivity index is 1.83. The fourth-order valence-electron chi connectivity index (χ4n) is 2.29. The molecule has 0 spiro atoms. The van der Waals surface area contributed by atoms with E-state index in [4.69, 9.17) is 4.74 Å². The molecule has 1 N–H and O–H groups in total. The van der Waals surface area contributed by atoms with Gasteiger partial charge in [0.25, 0.3) is 0 Å². The molecule has 0 radical (unpaired) electrons. The highest BCUT2D eigenvalue weighted by atomic mass is 16.6. The summed E-state index contributed by atoms with van der Waals surface area (Å²) in [4.78, 5) is 14.0. The molecule has 1 amide bonds. The molecule has 0 aromatic heterocycles. The predicted octanol–water partition coefficient (Wildman–Crippen LogP) is 3.31. The van der Waals surface area contributed by atoms with Crippen molar-refractivity contribution < 1.29 is 9.53 Å². The van der Waals surface area contributed by atoms with E-state index in [2.05, 4.69) is 34.5 Å². The molecule has 20 heavy (non-hydrogen) atoms. The summed E-state index contributed by atoms with van der Waals surface area (Å²) in [7, 11) is 0. The summed E-state index contributed by atoms with van der Waals surface area (Å²) in [5, 5.41) is 2.77. The first kappa shape index (κ1) is 14.7. The third-order valence-electron chi connectivity index (χ3n) is 3.24. The summed E-state index contributed by atoms with van der Waals surface area (Å²) in [6.45, 7) is 8.37. The Labute approximate surface area is 121 Å². The van der Waals surface area contributed by atoms with Crippen molar-refractivity contribution in [1.82, 2.24) is 5.32 Å². The second-order valence-corrected chi connectivity index (χ2v) is 6.22. The summed E-state index contributed by atoms with van der Waals surface area (Å²) in [5.41, 5.74) is 1.89. The van der Waals surface area contributed by atoms with Gasteiger partial charge in [0.2, 0.25) is 0 Å². The first-order valence-electron chi connectivity index (χ1n) is 7.25. The minimum absolute atomic E-state index is 0.374. The molecular formula is C16H24N2O2. The monoisotopic (exact) mass is 276 g/mol. The van der Waals surface area contributed by atoms with Crippen LogP contribution in [-0.2, 0) is 11.3 Å². The Morgan fingerprint density at radius 2 is 1.80 bits per heavy atom. The van der Waals surface area contributed by atoms with Crippen LogP contribution in [0.15, 0.2) is 24.3 Å². The maximum absolute atomic E-state index is 11.6. The minimum atomic E-state index is -0.455. The summed E-state index contributed by atoms with van der Waals surface area (Å²) in [5.74, 6) is 0. The number of rotatable bonds is 3. The van der Waals surface area contributed by atoms with Crippen LogP contribution in [0.25, 0.3) is 0 Å². The van der Waals surface area contributed by atoms with Gasteiger partial charge >= 0.3 is 6.09 Å².